The maximum atomic E-state index is 12.5. The van der Waals surface area contributed by atoms with Gasteiger partial charge in [-0.25, -0.2) is 0 Å². The molecule has 0 unspecified atom stereocenters. The van der Waals surface area contributed by atoms with Gasteiger partial charge in [0.2, 0.25) is 11.8 Å². The van der Waals surface area contributed by atoms with E-state index in [1.165, 1.54) is 32.1 Å². The van der Waals surface area contributed by atoms with E-state index in [9.17, 15) is 9.59 Å². The summed E-state index contributed by atoms with van der Waals surface area (Å²) in [7, 11) is 1.67. The van der Waals surface area contributed by atoms with Gasteiger partial charge in [0.05, 0.1) is 6.54 Å². The maximum absolute atomic E-state index is 12.5. The predicted molar refractivity (Wildman–Crippen MR) is 96.6 cm³/mol. The Labute approximate surface area is 146 Å². The van der Waals surface area contributed by atoms with Gasteiger partial charge in [-0.1, -0.05) is 26.2 Å². The minimum atomic E-state index is 0.0670. The molecule has 0 radical (unpaired) electrons. The van der Waals surface area contributed by atoms with Gasteiger partial charge in [0, 0.05) is 32.1 Å². The van der Waals surface area contributed by atoms with Crippen LogP contribution in [0.25, 0.3) is 0 Å². The quantitative estimate of drug-likeness (QED) is 0.749. The Morgan fingerprint density at radius 1 is 1.04 bits per heavy atom. The summed E-state index contributed by atoms with van der Waals surface area (Å²) in [5, 5.41) is 5.93. The average Bonchev–Trinajstić information content (AvgIpc) is 2.61. The van der Waals surface area contributed by atoms with E-state index in [0.717, 1.165) is 44.7 Å². The Hall–Kier alpha value is -1.10. The topological polar surface area (TPSA) is 61.4 Å². The summed E-state index contributed by atoms with van der Waals surface area (Å²) < 4.78 is 0. The predicted octanol–water partition coefficient (Wildman–Crippen LogP) is 2.31. The lowest BCUT2D eigenvalue weighted by Crippen LogP contribution is -2.48. The first-order valence-corrected chi connectivity index (χ1v) is 9.85. The van der Waals surface area contributed by atoms with E-state index in [0.29, 0.717) is 6.54 Å². The second-order valence-electron chi connectivity index (χ2n) is 7.59. The van der Waals surface area contributed by atoms with Crippen LogP contribution in [0.1, 0.15) is 64.7 Å². The first kappa shape index (κ1) is 19.2. The van der Waals surface area contributed by atoms with Crippen LogP contribution in [0.15, 0.2) is 0 Å². The number of unbranched alkanes of at least 4 members (excludes halogenated alkanes) is 1. The van der Waals surface area contributed by atoms with Gasteiger partial charge < -0.3 is 10.6 Å². The molecule has 0 aromatic heterocycles. The smallest absolute Gasteiger partial charge is 0.233 e. The molecule has 1 aliphatic carbocycles. The Bertz CT molecular complexity index is 397. The maximum Gasteiger partial charge on any atom is 0.233 e. The van der Waals surface area contributed by atoms with Crippen LogP contribution >= 0.6 is 0 Å². The summed E-state index contributed by atoms with van der Waals surface area (Å²) in [6.07, 6.45) is 10.4. The highest BCUT2D eigenvalue weighted by atomic mass is 16.2. The molecule has 0 aromatic carbocycles. The Balaban J connectivity index is 1.64. The highest BCUT2D eigenvalue weighted by molar-refractivity contribution is 5.79. The molecule has 1 aliphatic heterocycles. The molecule has 2 rings (SSSR count). The van der Waals surface area contributed by atoms with Gasteiger partial charge in [-0.15, -0.1) is 0 Å². The van der Waals surface area contributed by atoms with Gasteiger partial charge in [0.15, 0.2) is 0 Å². The number of hydrogen-bond donors (Lipinski definition) is 2. The normalized spacial score (nSPS) is 26.1. The fourth-order valence-electron chi connectivity index (χ4n) is 4.04. The molecule has 24 heavy (non-hydrogen) atoms. The van der Waals surface area contributed by atoms with Gasteiger partial charge in [0.1, 0.15) is 0 Å². The third kappa shape index (κ3) is 6.08. The van der Waals surface area contributed by atoms with Crippen LogP contribution in [0.5, 0.6) is 0 Å². The van der Waals surface area contributed by atoms with Gasteiger partial charge in [-0.2, -0.15) is 0 Å². The summed E-state index contributed by atoms with van der Waals surface area (Å²) in [6.45, 7) is 4.50. The molecule has 1 saturated heterocycles. The van der Waals surface area contributed by atoms with Gasteiger partial charge >= 0.3 is 0 Å². The lowest BCUT2D eigenvalue weighted by Gasteiger charge is -2.33. The molecule has 5 heteroatoms. The van der Waals surface area contributed by atoms with Crippen molar-refractivity contribution in [3.8, 4) is 0 Å². The number of carbonyl (C=O) groups excluding carboxylic acids is 2. The highest BCUT2D eigenvalue weighted by Gasteiger charge is 2.28. The molecule has 2 amide bonds. The van der Waals surface area contributed by atoms with Crippen molar-refractivity contribution in [2.24, 2.45) is 11.8 Å². The van der Waals surface area contributed by atoms with E-state index in [1.807, 2.05) is 0 Å². The fraction of sp³-hybridized carbons (Fsp3) is 0.895. The standard InChI is InChI=1S/C19H35N3O2/c1-3-4-5-15-6-8-16(9-7-15)19(24)21-17-10-12-22(13-11-17)14-18(23)20-2/h15-17H,3-14H2,1-2H3,(H,20,23)(H,21,24). The molecule has 2 N–H and O–H groups in total. The minimum Gasteiger partial charge on any atom is -0.358 e. The molecule has 0 bridgehead atoms. The van der Waals surface area contributed by atoms with Crippen LogP contribution in [-0.4, -0.2) is 49.4 Å². The number of carbonyl (C=O) groups is 2. The highest BCUT2D eigenvalue weighted by Crippen LogP contribution is 2.32. The molecule has 0 aromatic rings. The number of hydrogen-bond acceptors (Lipinski definition) is 3. The molecule has 2 fully saturated rings. The van der Waals surface area contributed by atoms with Crippen molar-refractivity contribution in [1.29, 1.82) is 0 Å². The Morgan fingerprint density at radius 3 is 2.29 bits per heavy atom. The molecular formula is C19H35N3O2. The summed E-state index contributed by atoms with van der Waals surface area (Å²) in [6, 6.07) is 0.288. The van der Waals surface area contributed by atoms with Gasteiger partial charge in [-0.3, -0.25) is 14.5 Å². The van der Waals surface area contributed by atoms with Crippen molar-refractivity contribution < 1.29 is 9.59 Å². The van der Waals surface area contributed by atoms with Gasteiger partial charge in [0.25, 0.3) is 0 Å². The largest absolute Gasteiger partial charge is 0.358 e. The summed E-state index contributed by atoms with van der Waals surface area (Å²) in [5.41, 5.74) is 0. The number of likely N-dealkylation sites (N-methyl/N-ethyl adjacent to an activating group) is 1. The number of likely N-dealkylation sites (tertiary alicyclic amines) is 1. The minimum absolute atomic E-state index is 0.0670. The molecule has 1 heterocycles. The molecule has 1 saturated carbocycles. The van der Waals surface area contributed by atoms with E-state index in [4.69, 9.17) is 0 Å². The lowest BCUT2D eigenvalue weighted by atomic mass is 9.79. The van der Waals surface area contributed by atoms with E-state index in [1.54, 1.807) is 7.05 Å². The van der Waals surface area contributed by atoms with Crippen molar-refractivity contribution in [1.82, 2.24) is 15.5 Å². The first-order valence-electron chi connectivity index (χ1n) is 9.85. The number of nitrogens with zero attached hydrogens (tertiary/aromatic N) is 1. The third-order valence-corrected chi connectivity index (χ3v) is 5.76. The lowest BCUT2D eigenvalue weighted by molar-refractivity contribution is -0.127. The molecule has 0 spiro atoms. The zero-order chi connectivity index (χ0) is 17.4. The number of rotatable bonds is 7. The first-order chi connectivity index (χ1) is 11.6. The van der Waals surface area contributed by atoms with E-state index >= 15 is 0 Å². The zero-order valence-electron chi connectivity index (χ0n) is 15.5. The van der Waals surface area contributed by atoms with Crippen LogP contribution in [0.4, 0.5) is 0 Å². The molecule has 0 atom stereocenters. The van der Waals surface area contributed by atoms with Crippen LogP contribution in [-0.2, 0) is 9.59 Å². The Morgan fingerprint density at radius 2 is 1.71 bits per heavy atom. The van der Waals surface area contributed by atoms with Crippen LogP contribution in [0.2, 0.25) is 0 Å². The third-order valence-electron chi connectivity index (χ3n) is 5.76. The van der Waals surface area contributed by atoms with Crippen molar-refractivity contribution >= 4 is 11.8 Å². The number of piperidine rings is 1. The summed E-state index contributed by atoms with van der Waals surface area (Å²) >= 11 is 0. The fourth-order valence-corrected chi connectivity index (χ4v) is 4.04. The van der Waals surface area contributed by atoms with Crippen LogP contribution < -0.4 is 10.6 Å². The molecule has 2 aliphatic rings. The average molecular weight is 338 g/mol. The van der Waals surface area contributed by atoms with Crippen molar-refractivity contribution in [3.05, 3.63) is 0 Å². The Kier molecular flexibility index (Phi) is 8.03. The van der Waals surface area contributed by atoms with Gasteiger partial charge in [-0.05, 0) is 44.4 Å². The van der Waals surface area contributed by atoms with Crippen molar-refractivity contribution in [3.63, 3.8) is 0 Å². The number of nitrogens with one attached hydrogen (secondary N) is 2. The van der Waals surface area contributed by atoms with E-state index in [2.05, 4.69) is 22.5 Å². The summed E-state index contributed by atoms with van der Waals surface area (Å²) in [5.74, 6) is 1.42. The van der Waals surface area contributed by atoms with E-state index in [-0.39, 0.29) is 23.8 Å². The van der Waals surface area contributed by atoms with Crippen LogP contribution in [0.3, 0.4) is 0 Å². The second kappa shape index (κ2) is 10.0. The van der Waals surface area contributed by atoms with E-state index < -0.39 is 0 Å². The van der Waals surface area contributed by atoms with Crippen molar-refractivity contribution in [2.45, 2.75) is 70.8 Å². The monoisotopic (exact) mass is 337 g/mol. The molecule has 5 nitrogen and oxygen atoms in total. The molecular weight excluding hydrogens is 302 g/mol. The SMILES string of the molecule is CCCCC1CCC(C(=O)NC2CCN(CC(=O)NC)CC2)CC1. The molecule has 138 valence electrons. The zero-order valence-corrected chi connectivity index (χ0v) is 15.5. The van der Waals surface area contributed by atoms with Crippen LogP contribution in [0, 0.1) is 11.8 Å². The summed E-state index contributed by atoms with van der Waals surface area (Å²) in [4.78, 5) is 26.1. The van der Waals surface area contributed by atoms with Crippen molar-refractivity contribution in [2.75, 3.05) is 26.7 Å². The second-order valence-corrected chi connectivity index (χ2v) is 7.59. The number of amides is 2.